The summed E-state index contributed by atoms with van der Waals surface area (Å²) in [7, 11) is 0. The molecule has 0 spiro atoms. The summed E-state index contributed by atoms with van der Waals surface area (Å²) >= 11 is 0. The quantitative estimate of drug-likeness (QED) is 0.586. The number of fused-ring (bicyclic) bond motifs is 2. The second-order valence-corrected chi connectivity index (χ2v) is 6.70. The lowest BCUT2D eigenvalue weighted by atomic mass is 10.2. The topological polar surface area (TPSA) is 109 Å². The average Bonchev–Trinajstić information content (AvgIpc) is 3.09. The number of amides is 1. The Morgan fingerprint density at radius 1 is 1.10 bits per heavy atom. The fraction of sp³-hybridized carbons (Fsp3) is 0.286. The molecule has 1 N–H and O–H groups in total. The highest BCUT2D eigenvalue weighted by Crippen LogP contribution is 2.30. The van der Waals surface area contributed by atoms with E-state index < -0.39 is 24.2 Å². The van der Waals surface area contributed by atoms with Gasteiger partial charge in [0.2, 0.25) is 0 Å². The van der Waals surface area contributed by atoms with Crippen LogP contribution in [0.15, 0.2) is 57.7 Å². The van der Waals surface area contributed by atoms with Crippen molar-refractivity contribution in [1.82, 2.24) is 9.88 Å². The van der Waals surface area contributed by atoms with Crippen LogP contribution >= 0.6 is 0 Å². The molecule has 3 aromatic rings. The number of aromatic nitrogens is 1. The summed E-state index contributed by atoms with van der Waals surface area (Å²) in [5.74, 6) is -0.293. The number of esters is 1. The van der Waals surface area contributed by atoms with Crippen molar-refractivity contribution in [3.05, 3.63) is 59.1 Å². The lowest BCUT2D eigenvalue weighted by Crippen LogP contribution is -2.42. The van der Waals surface area contributed by atoms with Crippen LogP contribution in [0.4, 0.5) is 0 Å². The Kier molecular flexibility index (Phi) is 5.69. The zero-order valence-corrected chi connectivity index (χ0v) is 16.0. The number of aryl methyl sites for hydroxylation is 1. The number of carbonyl (C=O) groups is 2. The molecule has 1 aliphatic heterocycles. The zero-order chi connectivity index (χ0) is 20.9. The number of benzene rings is 2. The van der Waals surface area contributed by atoms with Gasteiger partial charge in [-0.05, 0) is 24.3 Å². The fourth-order valence-corrected chi connectivity index (χ4v) is 3.09. The molecule has 2 aromatic carbocycles. The molecule has 1 aromatic heterocycles. The number of nitrogens with zero attached hydrogens (tertiary/aromatic N) is 1. The molecule has 9 nitrogen and oxygen atoms in total. The van der Waals surface area contributed by atoms with Crippen molar-refractivity contribution >= 4 is 23.0 Å². The van der Waals surface area contributed by atoms with Gasteiger partial charge in [0.1, 0.15) is 12.7 Å². The lowest BCUT2D eigenvalue weighted by molar-refractivity contribution is -0.148. The highest BCUT2D eigenvalue weighted by molar-refractivity contribution is 5.80. The SMILES string of the molecule is O=C(COC(=O)CCn1c(=O)oc2ccccc21)NC[C@H]1COc2ccccc2O1. The molecule has 2 heterocycles. The standard InChI is InChI=1S/C21H20N2O7/c24-19(22-11-14-12-27-17-7-3-4-8-18(17)29-14)13-28-20(25)9-10-23-15-5-1-2-6-16(15)30-21(23)26/h1-8,14H,9-13H2,(H,22,24)/t14-/m0/s1. The highest BCUT2D eigenvalue weighted by atomic mass is 16.6. The Hall–Kier alpha value is -3.75. The maximum atomic E-state index is 11.9. The number of carbonyl (C=O) groups excluding carboxylic acids is 2. The summed E-state index contributed by atoms with van der Waals surface area (Å²) in [5, 5.41) is 2.65. The van der Waals surface area contributed by atoms with E-state index in [0.717, 1.165) is 0 Å². The van der Waals surface area contributed by atoms with E-state index in [0.29, 0.717) is 29.2 Å². The predicted octanol–water partition coefficient (Wildman–Crippen LogP) is 1.48. The molecule has 156 valence electrons. The smallest absolute Gasteiger partial charge is 0.419 e. The summed E-state index contributed by atoms with van der Waals surface area (Å²) in [5.41, 5.74) is 1.05. The minimum absolute atomic E-state index is 0.0624. The molecular weight excluding hydrogens is 392 g/mol. The maximum Gasteiger partial charge on any atom is 0.419 e. The van der Waals surface area contributed by atoms with Crippen LogP contribution < -0.4 is 20.5 Å². The first-order valence-electron chi connectivity index (χ1n) is 9.49. The van der Waals surface area contributed by atoms with E-state index in [1.807, 2.05) is 18.2 Å². The van der Waals surface area contributed by atoms with Crippen molar-refractivity contribution in [1.29, 1.82) is 0 Å². The van der Waals surface area contributed by atoms with E-state index in [4.69, 9.17) is 18.6 Å². The van der Waals surface area contributed by atoms with E-state index in [9.17, 15) is 14.4 Å². The van der Waals surface area contributed by atoms with Gasteiger partial charge in [0.05, 0.1) is 18.5 Å². The van der Waals surface area contributed by atoms with E-state index in [1.165, 1.54) is 4.57 Å². The van der Waals surface area contributed by atoms with Crippen molar-refractivity contribution in [2.75, 3.05) is 19.8 Å². The minimum atomic E-state index is -0.589. The second-order valence-electron chi connectivity index (χ2n) is 6.70. The number of nitrogens with one attached hydrogen (secondary N) is 1. The molecule has 0 fully saturated rings. The van der Waals surface area contributed by atoms with Crippen LogP contribution in [0.3, 0.4) is 0 Å². The number of para-hydroxylation sites is 4. The molecule has 0 saturated heterocycles. The summed E-state index contributed by atoms with van der Waals surface area (Å²) in [6.45, 7) is 0.221. The van der Waals surface area contributed by atoms with E-state index in [2.05, 4.69) is 5.32 Å². The summed E-state index contributed by atoms with van der Waals surface area (Å²) in [6, 6.07) is 14.2. The molecule has 4 rings (SSSR count). The first-order valence-corrected chi connectivity index (χ1v) is 9.49. The number of rotatable bonds is 7. The third-order valence-electron chi connectivity index (χ3n) is 4.57. The second kappa shape index (κ2) is 8.73. The Bertz CT molecular complexity index is 1120. The van der Waals surface area contributed by atoms with Crippen LogP contribution in [-0.2, 0) is 20.9 Å². The third-order valence-corrected chi connectivity index (χ3v) is 4.57. The Morgan fingerprint density at radius 3 is 2.73 bits per heavy atom. The van der Waals surface area contributed by atoms with Gasteiger partial charge in [-0.2, -0.15) is 0 Å². The molecule has 1 atom stereocenters. The molecular formula is C21H20N2O7. The van der Waals surface area contributed by atoms with Gasteiger partial charge in [0.15, 0.2) is 23.7 Å². The number of ether oxygens (including phenoxy) is 3. The van der Waals surface area contributed by atoms with Crippen molar-refractivity contribution < 1.29 is 28.2 Å². The van der Waals surface area contributed by atoms with Crippen LogP contribution in [0.2, 0.25) is 0 Å². The monoisotopic (exact) mass is 412 g/mol. The van der Waals surface area contributed by atoms with Gasteiger partial charge in [0.25, 0.3) is 5.91 Å². The van der Waals surface area contributed by atoms with Crippen LogP contribution in [0.25, 0.3) is 11.1 Å². The molecule has 0 radical (unpaired) electrons. The lowest BCUT2D eigenvalue weighted by Gasteiger charge is -2.26. The highest BCUT2D eigenvalue weighted by Gasteiger charge is 2.21. The van der Waals surface area contributed by atoms with Crippen LogP contribution in [-0.4, -0.2) is 42.3 Å². The van der Waals surface area contributed by atoms with E-state index >= 15 is 0 Å². The van der Waals surface area contributed by atoms with Gasteiger partial charge in [-0.3, -0.25) is 14.2 Å². The van der Waals surface area contributed by atoms with Gasteiger partial charge >= 0.3 is 11.7 Å². The average molecular weight is 412 g/mol. The Labute approximate surface area is 171 Å². The molecule has 0 bridgehead atoms. The molecule has 1 aliphatic rings. The van der Waals surface area contributed by atoms with Crippen LogP contribution in [0.1, 0.15) is 6.42 Å². The van der Waals surface area contributed by atoms with Crippen LogP contribution in [0, 0.1) is 0 Å². The van der Waals surface area contributed by atoms with Gasteiger partial charge in [-0.25, -0.2) is 4.79 Å². The number of hydrogen-bond donors (Lipinski definition) is 1. The minimum Gasteiger partial charge on any atom is -0.486 e. The summed E-state index contributed by atoms with van der Waals surface area (Å²) < 4.78 is 22.8. The van der Waals surface area contributed by atoms with Crippen molar-refractivity contribution in [2.24, 2.45) is 0 Å². The van der Waals surface area contributed by atoms with Gasteiger partial charge in [0, 0.05) is 6.54 Å². The predicted molar refractivity (Wildman–Crippen MR) is 105 cm³/mol. The van der Waals surface area contributed by atoms with Crippen molar-refractivity contribution in [3.8, 4) is 11.5 Å². The van der Waals surface area contributed by atoms with Crippen molar-refractivity contribution in [2.45, 2.75) is 19.1 Å². The van der Waals surface area contributed by atoms with Gasteiger partial charge in [-0.1, -0.05) is 24.3 Å². The number of oxazole rings is 1. The fourth-order valence-electron chi connectivity index (χ4n) is 3.09. The first-order chi connectivity index (χ1) is 14.6. The van der Waals surface area contributed by atoms with Gasteiger partial charge in [-0.15, -0.1) is 0 Å². The Morgan fingerprint density at radius 2 is 1.87 bits per heavy atom. The number of hydrogen-bond acceptors (Lipinski definition) is 7. The summed E-state index contributed by atoms with van der Waals surface area (Å²) in [4.78, 5) is 35.8. The molecule has 0 aliphatic carbocycles. The Balaban J connectivity index is 1.19. The van der Waals surface area contributed by atoms with E-state index in [-0.39, 0.29) is 25.6 Å². The maximum absolute atomic E-state index is 11.9. The van der Waals surface area contributed by atoms with Crippen LogP contribution in [0.5, 0.6) is 11.5 Å². The largest absolute Gasteiger partial charge is 0.486 e. The molecule has 30 heavy (non-hydrogen) atoms. The molecule has 0 unspecified atom stereocenters. The van der Waals surface area contributed by atoms with Crippen molar-refractivity contribution in [3.63, 3.8) is 0 Å². The molecule has 1 amide bonds. The normalized spacial score (nSPS) is 15.0. The van der Waals surface area contributed by atoms with Gasteiger partial charge < -0.3 is 23.9 Å². The third kappa shape index (κ3) is 4.45. The summed E-state index contributed by atoms with van der Waals surface area (Å²) in [6.07, 6.45) is -0.395. The zero-order valence-electron chi connectivity index (χ0n) is 16.0. The molecule has 9 heteroatoms. The first kappa shape index (κ1) is 19.6. The molecule has 0 saturated carbocycles. The van der Waals surface area contributed by atoms with E-state index in [1.54, 1.807) is 30.3 Å².